The van der Waals surface area contributed by atoms with Crippen LogP contribution >= 0.6 is 15.6 Å². The molecule has 0 saturated carbocycles. The van der Waals surface area contributed by atoms with Gasteiger partial charge in [0.1, 0.15) is 55.6 Å². The number of carbonyl (C=O) groups is 3. The molecule has 8 N–H and O–H groups in total. The van der Waals surface area contributed by atoms with Crippen LogP contribution in [0.4, 0.5) is 11.5 Å². The van der Waals surface area contributed by atoms with Crippen molar-refractivity contribution < 1.29 is 85.3 Å². The predicted molar refractivity (Wildman–Crippen MR) is 287 cm³/mol. The second-order valence-corrected chi connectivity index (χ2v) is 21.8. The van der Waals surface area contributed by atoms with Crippen molar-refractivity contribution in [2.24, 2.45) is 0 Å². The Labute approximate surface area is 462 Å². The molecular formula is C50H62N11O18P2+. The largest absolute Gasteiger partial charge is 0.538 e. The van der Waals surface area contributed by atoms with Crippen molar-refractivity contribution in [3.8, 4) is 22.5 Å². The van der Waals surface area contributed by atoms with Crippen molar-refractivity contribution >= 4 is 67.1 Å². The van der Waals surface area contributed by atoms with Crippen molar-refractivity contribution in [1.82, 2.24) is 44.4 Å². The number of aromatic carboxylic acids is 1. The molecule has 6 atom stereocenters. The molecule has 3 unspecified atom stereocenters. The minimum atomic E-state index is -5.46. The fourth-order valence-corrected chi connectivity index (χ4v) is 10.7. The highest BCUT2D eigenvalue weighted by Gasteiger charge is 2.46. The summed E-state index contributed by atoms with van der Waals surface area (Å²) in [4.78, 5) is 72.2. The van der Waals surface area contributed by atoms with Crippen LogP contribution in [0.5, 0.6) is 0 Å². The molecule has 1 saturated heterocycles. The second-order valence-electron chi connectivity index (χ2n) is 18.9. The van der Waals surface area contributed by atoms with E-state index in [1.165, 1.54) is 17.0 Å². The molecule has 29 nitrogen and oxygen atoms in total. The number of phosphoric acid groups is 2. The number of carboxylic acids is 1. The number of ether oxygens (including phenoxy) is 4. The van der Waals surface area contributed by atoms with E-state index in [-0.39, 0.29) is 67.3 Å². The Bertz CT molecular complexity index is 3520. The Kier molecular flexibility index (Phi) is 19.7. The molecule has 434 valence electrons. The van der Waals surface area contributed by atoms with Gasteiger partial charge in [-0.15, -0.1) is 5.10 Å². The molecule has 0 radical (unpaired) electrons. The predicted octanol–water partition coefficient (Wildman–Crippen LogP) is 2.60. The first-order valence-electron chi connectivity index (χ1n) is 25.3. The van der Waals surface area contributed by atoms with Gasteiger partial charge in [-0.05, 0) is 55.2 Å². The molecule has 81 heavy (non-hydrogen) atoms. The quantitative estimate of drug-likeness (QED) is 0.0160. The van der Waals surface area contributed by atoms with Crippen LogP contribution in [0.3, 0.4) is 0 Å². The van der Waals surface area contributed by atoms with Crippen molar-refractivity contribution in [2.75, 3.05) is 91.6 Å². The minimum absolute atomic E-state index is 0.0352. The number of aromatic nitrogens is 7. The highest BCUT2D eigenvalue weighted by Crippen LogP contribution is 2.61. The third-order valence-electron chi connectivity index (χ3n) is 12.7. The molecule has 3 aliphatic rings. The fraction of sp³-hybridized carbons (Fsp3) is 0.420. The van der Waals surface area contributed by atoms with Crippen molar-refractivity contribution in [3.63, 3.8) is 0 Å². The van der Waals surface area contributed by atoms with Crippen molar-refractivity contribution in [2.45, 2.75) is 56.8 Å². The Morgan fingerprint density at radius 2 is 1.62 bits per heavy atom. The maximum absolute atomic E-state index is 13.2. The first-order valence-corrected chi connectivity index (χ1v) is 28.3. The number of aryl methyl sites for hydroxylation is 1. The number of fused-ring (bicyclic) bond motifs is 3. The smallest absolute Gasteiger partial charge is 0.478 e. The van der Waals surface area contributed by atoms with Crippen molar-refractivity contribution in [1.29, 1.82) is 0 Å². The average Bonchev–Trinajstić information content (AvgIpc) is 4.28. The number of nitrogen functional groups attached to an aromatic ring is 1. The SMILES string of the molecule is CN(C)c1ccc2c(-c3ccc(C(=O)NCCOCCOCCOCCn4cc(CCCCC(=O)OP(=O)(O)OP(=O)(O)OC[C@H]5O[C@@H](n6cnc7c(N)ncnc76)[C@@H](O)C5O)nn4)cc3C(=O)O)c3ccc(=[N+](C)C)cc-3oc2c1. The van der Waals surface area contributed by atoms with Crippen LogP contribution in [0.15, 0.2) is 77.9 Å². The summed E-state index contributed by atoms with van der Waals surface area (Å²) in [5.74, 6) is -2.20. The van der Waals surface area contributed by atoms with Gasteiger partial charge < -0.3 is 64.1 Å². The maximum atomic E-state index is 13.2. The van der Waals surface area contributed by atoms with E-state index in [2.05, 4.69) is 39.4 Å². The first-order chi connectivity index (χ1) is 38.7. The second kappa shape index (κ2) is 26.7. The number of benzene rings is 3. The van der Waals surface area contributed by atoms with E-state index in [1.54, 1.807) is 23.0 Å². The number of nitrogens with zero attached hydrogens (tertiary/aromatic N) is 9. The molecular weight excluding hydrogens is 1100 g/mol. The van der Waals surface area contributed by atoms with Crippen LogP contribution in [0, 0.1) is 0 Å². The van der Waals surface area contributed by atoms with Crippen LogP contribution in [0.1, 0.15) is 51.9 Å². The van der Waals surface area contributed by atoms with Gasteiger partial charge in [-0.1, -0.05) is 11.3 Å². The Balaban J connectivity index is 0.670. The summed E-state index contributed by atoms with van der Waals surface area (Å²) in [6, 6.07) is 16.2. The number of hydrogen-bond acceptors (Lipinski definition) is 22. The summed E-state index contributed by atoms with van der Waals surface area (Å²) >= 11 is 0. The van der Waals surface area contributed by atoms with E-state index >= 15 is 0 Å². The number of rotatable bonds is 28. The highest BCUT2D eigenvalue weighted by atomic mass is 31.3. The number of unbranched alkanes of at least 4 members (excludes halogenated alkanes) is 1. The summed E-state index contributed by atoms with van der Waals surface area (Å²) in [7, 11) is -3.16. The summed E-state index contributed by atoms with van der Waals surface area (Å²) in [5, 5.41) is 44.1. The molecule has 8 rings (SSSR count). The van der Waals surface area contributed by atoms with E-state index in [9.17, 15) is 48.6 Å². The van der Waals surface area contributed by atoms with Gasteiger partial charge in [0.2, 0.25) is 5.36 Å². The fourth-order valence-electron chi connectivity index (χ4n) is 8.64. The number of nitrogens with two attached hydrogens (primary N) is 1. The molecule has 2 aromatic carbocycles. The third-order valence-corrected chi connectivity index (χ3v) is 15.3. The van der Waals surface area contributed by atoms with E-state index in [0.717, 1.165) is 28.3 Å². The first kappa shape index (κ1) is 60.0. The number of anilines is 2. The molecule has 1 amide bonds. The number of nitrogens with one attached hydrogen (secondary N) is 1. The lowest BCUT2D eigenvalue weighted by Gasteiger charge is -2.19. The van der Waals surface area contributed by atoms with Crippen LogP contribution in [-0.4, -0.2) is 177 Å². The zero-order valence-electron chi connectivity index (χ0n) is 44.5. The minimum Gasteiger partial charge on any atom is -0.478 e. The zero-order chi connectivity index (χ0) is 58.0. The molecule has 31 heteroatoms. The number of amides is 1. The number of imidazole rings is 1. The summed E-state index contributed by atoms with van der Waals surface area (Å²) in [6.45, 7) is 1.29. The number of carboxylic acid groups (broad SMARTS) is 1. The van der Waals surface area contributed by atoms with Gasteiger partial charge in [-0.25, -0.2) is 38.1 Å². The highest BCUT2D eigenvalue weighted by molar-refractivity contribution is 7.61. The van der Waals surface area contributed by atoms with Gasteiger partial charge in [-0.3, -0.25) is 23.6 Å². The summed E-state index contributed by atoms with van der Waals surface area (Å²) in [5.41, 5.74) is 10.2. The molecule has 1 aliphatic carbocycles. The normalized spacial score (nSPS) is 17.8. The number of aliphatic hydroxyl groups excluding tert-OH is 2. The molecule has 5 heterocycles. The zero-order valence-corrected chi connectivity index (χ0v) is 46.3. The molecule has 1 fully saturated rings. The standard InChI is InChI=1S/C50H61N11O18P2/c1-58(2)32-10-13-35-38(24-32)76-39-25-33(59(3)4)11-14-36(39)42(35)34-12-9-30(23-37(34)50(66)67)48(65)52-15-17-72-19-21-74-22-20-73-18-16-60-26-31(56-57-60)7-5-6-8-41(62)78-81(70,71)79-80(68,69)75-27-40-44(63)45(64)49(77-40)61-29-55-43-46(51)53-28-54-47(43)61/h9-14,23-26,28-29,40,44-45,49,63-64H,5-8,15-22,27H2,1-4H3,(H5-,51,52,53,54,65,66,67,68,69,70,71)/p+1/t40-,44?,45+,49-/m1/s1. The number of phosphoric ester groups is 2. The van der Waals surface area contributed by atoms with E-state index in [4.69, 9.17) is 33.6 Å². The number of carbonyl (C=O) groups excluding carboxylic acids is 2. The molecule has 0 spiro atoms. The van der Waals surface area contributed by atoms with E-state index in [0.29, 0.717) is 67.4 Å². The van der Waals surface area contributed by atoms with Crippen LogP contribution in [0.2, 0.25) is 0 Å². The summed E-state index contributed by atoms with van der Waals surface area (Å²) in [6.07, 6.45) is -1.27. The van der Waals surface area contributed by atoms with E-state index in [1.807, 2.05) is 74.1 Å². The summed E-state index contributed by atoms with van der Waals surface area (Å²) < 4.78 is 71.9. The van der Waals surface area contributed by atoms with Crippen LogP contribution < -0.4 is 25.9 Å². The van der Waals surface area contributed by atoms with Gasteiger partial charge >= 0.3 is 27.6 Å². The Morgan fingerprint density at radius 1 is 0.877 bits per heavy atom. The van der Waals surface area contributed by atoms with E-state index < -0.39 is 64.6 Å². The van der Waals surface area contributed by atoms with Crippen LogP contribution in [-0.2, 0) is 59.2 Å². The lowest BCUT2D eigenvalue weighted by molar-refractivity contribution is -0.135. The van der Waals surface area contributed by atoms with Gasteiger partial charge in [0.15, 0.2) is 17.7 Å². The molecule has 2 aliphatic heterocycles. The third kappa shape index (κ3) is 15.3. The molecule has 5 aromatic rings. The average molecular weight is 1170 g/mol. The molecule has 0 bridgehead atoms. The van der Waals surface area contributed by atoms with Gasteiger partial charge in [0.05, 0.1) is 76.4 Å². The molecule has 3 aromatic heterocycles. The Morgan fingerprint density at radius 3 is 2.36 bits per heavy atom. The van der Waals surface area contributed by atoms with Gasteiger partial charge in [0, 0.05) is 73.2 Å². The lowest BCUT2D eigenvalue weighted by Crippen LogP contribution is -2.33. The Hall–Kier alpha value is -7.11. The lowest BCUT2D eigenvalue weighted by atomic mass is 9.89. The van der Waals surface area contributed by atoms with Gasteiger partial charge in [-0.2, -0.15) is 4.31 Å². The topological polar surface area (TPSA) is 383 Å². The number of aliphatic hydroxyl groups is 2. The van der Waals surface area contributed by atoms with Crippen LogP contribution in [0.25, 0.3) is 44.6 Å². The van der Waals surface area contributed by atoms with Crippen molar-refractivity contribution in [3.05, 3.63) is 95.6 Å². The number of hydrogen-bond donors (Lipinski definition) is 7. The monoisotopic (exact) mass is 1170 g/mol. The maximum Gasteiger partial charge on any atom is 0.538 e. The van der Waals surface area contributed by atoms with Gasteiger partial charge in [0.25, 0.3) is 5.91 Å².